The predicted molar refractivity (Wildman–Crippen MR) is 54.6 cm³/mol. The molecule has 13 heavy (non-hydrogen) atoms. The minimum Gasteiger partial charge on any atom is -0.395 e. The van der Waals surface area contributed by atoms with Crippen molar-refractivity contribution in [2.45, 2.75) is 39.3 Å². The lowest BCUT2D eigenvalue weighted by atomic mass is 9.92. The molecule has 0 aromatic heterocycles. The second-order valence-corrected chi connectivity index (χ2v) is 4.46. The number of aliphatic hydroxyl groups is 2. The molecular formula is C10H23NO2. The van der Waals surface area contributed by atoms with Gasteiger partial charge >= 0.3 is 0 Å². The molecule has 2 N–H and O–H groups in total. The van der Waals surface area contributed by atoms with Gasteiger partial charge in [0.05, 0.1) is 12.2 Å². The fraction of sp³-hybridized carbons (Fsp3) is 1.00. The van der Waals surface area contributed by atoms with E-state index in [9.17, 15) is 5.11 Å². The number of likely N-dealkylation sites (N-methyl/N-ethyl adjacent to an activating group) is 1. The molecule has 2 atom stereocenters. The van der Waals surface area contributed by atoms with Crippen LogP contribution in [0.25, 0.3) is 0 Å². The summed E-state index contributed by atoms with van der Waals surface area (Å²) in [6, 6.07) is 0.102. The smallest absolute Gasteiger partial charge is 0.0768 e. The Bertz CT molecular complexity index is 146. The lowest BCUT2D eigenvalue weighted by Gasteiger charge is -2.34. The van der Waals surface area contributed by atoms with Crippen molar-refractivity contribution in [3.63, 3.8) is 0 Å². The first kappa shape index (κ1) is 12.9. The number of rotatable bonds is 5. The Morgan fingerprint density at radius 3 is 2.08 bits per heavy atom. The van der Waals surface area contributed by atoms with Crippen molar-refractivity contribution in [1.82, 2.24) is 4.90 Å². The molecule has 0 fully saturated rings. The molecule has 0 aliphatic heterocycles. The number of nitrogens with zero attached hydrogens (tertiary/aromatic N) is 1. The first-order chi connectivity index (χ1) is 5.81. The van der Waals surface area contributed by atoms with E-state index in [4.69, 9.17) is 5.11 Å². The van der Waals surface area contributed by atoms with E-state index in [2.05, 4.69) is 0 Å². The SMILES string of the molecule is CC(CO)N(C)CC(C)(O)C(C)C. The second kappa shape index (κ2) is 4.94. The average Bonchev–Trinajstić information content (AvgIpc) is 2.01. The van der Waals surface area contributed by atoms with Crippen molar-refractivity contribution in [3.05, 3.63) is 0 Å². The summed E-state index contributed by atoms with van der Waals surface area (Å²) < 4.78 is 0. The molecule has 0 spiro atoms. The van der Waals surface area contributed by atoms with E-state index >= 15 is 0 Å². The Morgan fingerprint density at radius 2 is 1.77 bits per heavy atom. The van der Waals surface area contributed by atoms with Crippen LogP contribution in [0, 0.1) is 5.92 Å². The second-order valence-electron chi connectivity index (χ2n) is 4.46. The Hall–Kier alpha value is -0.120. The standard InChI is InChI=1S/C10H23NO2/c1-8(2)10(4,13)7-11(5)9(3)6-12/h8-9,12-13H,6-7H2,1-5H3. The summed E-state index contributed by atoms with van der Waals surface area (Å²) in [5.41, 5.74) is -0.682. The summed E-state index contributed by atoms with van der Waals surface area (Å²) in [4.78, 5) is 1.97. The highest BCUT2D eigenvalue weighted by Crippen LogP contribution is 2.17. The van der Waals surface area contributed by atoms with Crippen LogP contribution in [0.4, 0.5) is 0 Å². The zero-order chi connectivity index (χ0) is 10.6. The van der Waals surface area contributed by atoms with Gasteiger partial charge < -0.3 is 10.2 Å². The van der Waals surface area contributed by atoms with Crippen molar-refractivity contribution in [3.8, 4) is 0 Å². The molecule has 0 amide bonds. The van der Waals surface area contributed by atoms with E-state index < -0.39 is 5.60 Å². The fourth-order valence-electron chi connectivity index (χ4n) is 0.983. The molecule has 0 saturated heterocycles. The molecule has 0 saturated carbocycles. The lowest BCUT2D eigenvalue weighted by molar-refractivity contribution is -0.0252. The van der Waals surface area contributed by atoms with Crippen molar-refractivity contribution in [1.29, 1.82) is 0 Å². The summed E-state index contributed by atoms with van der Waals surface area (Å²) >= 11 is 0. The van der Waals surface area contributed by atoms with Gasteiger partial charge in [-0.05, 0) is 26.8 Å². The van der Waals surface area contributed by atoms with Gasteiger partial charge in [-0.2, -0.15) is 0 Å². The van der Waals surface area contributed by atoms with E-state index in [-0.39, 0.29) is 18.6 Å². The Labute approximate surface area is 81.4 Å². The number of hydrogen-bond acceptors (Lipinski definition) is 3. The normalized spacial score (nSPS) is 19.2. The minimum atomic E-state index is -0.682. The predicted octanol–water partition coefficient (Wildman–Crippen LogP) is 0.706. The first-order valence-corrected chi connectivity index (χ1v) is 4.84. The van der Waals surface area contributed by atoms with Crippen LogP contribution < -0.4 is 0 Å². The molecule has 2 unspecified atom stereocenters. The van der Waals surface area contributed by atoms with Gasteiger partial charge in [0, 0.05) is 12.6 Å². The third-order valence-corrected chi connectivity index (χ3v) is 2.83. The van der Waals surface area contributed by atoms with Gasteiger partial charge in [0.25, 0.3) is 0 Å². The number of aliphatic hydroxyl groups excluding tert-OH is 1. The van der Waals surface area contributed by atoms with Crippen molar-refractivity contribution in [2.75, 3.05) is 20.2 Å². The van der Waals surface area contributed by atoms with Gasteiger partial charge in [-0.1, -0.05) is 13.8 Å². The minimum absolute atomic E-state index is 0.102. The van der Waals surface area contributed by atoms with E-state index in [1.54, 1.807) is 0 Å². The Kier molecular flexibility index (Phi) is 4.89. The maximum atomic E-state index is 9.98. The van der Waals surface area contributed by atoms with Crippen LogP contribution in [-0.2, 0) is 0 Å². The van der Waals surface area contributed by atoms with Gasteiger partial charge in [-0.3, -0.25) is 4.90 Å². The molecule has 0 aromatic carbocycles. The average molecular weight is 189 g/mol. The van der Waals surface area contributed by atoms with E-state index in [0.717, 1.165) is 0 Å². The van der Waals surface area contributed by atoms with Crippen LogP contribution in [0.3, 0.4) is 0 Å². The summed E-state index contributed by atoms with van der Waals surface area (Å²) in [5.74, 6) is 0.223. The molecule has 3 nitrogen and oxygen atoms in total. The third-order valence-electron chi connectivity index (χ3n) is 2.83. The highest BCUT2D eigenvalue weighted by atomic mass is 16.3. The van der Waals surface area contributed by atoms with Gasteiger partial charge in [-0.25, -0.2) is 0 Å². The zero-order valence-electron chi connectivity index (χ0n) is 9.41. The van der Waals surface area contributed by atoms with Crippen LogP contribution in [0.1, 0.15) is 27.7 Å². The maximum absolute atomic E-state index is 9.98. The van der Waals surface area contributed by atoms with Crippen LogP contribution in [0.2, 0.25) is 0 Å². The quantitative estimate of drug-likeness (QED) is 0.669. The van der Waals surface area contributed by atoms with E-state index in [1.165, 1.54) is 0 Å². The van der Waals surface area contributed by atoms with Crippen LogP contribution in [0.15, 0.2) is 0 Å². The molecule has 0 radical (unpaired) electrons. The van der Waals surface area contributed by atoms with Crippen LogP contribution in [-0.4, -0.2) is 47.0 Å². The lowest BCUT2D eigenvalue weighted by Crippen LogP contribution is -2.46. The third kappa shape index (κ3) is 4.07. The Balaban J connectivity index is 4.11. The first-order valence-electron chi connectivity index (χ1n) is 4.84. The van der Waals surface area contributed by atoms with Crippen LogP contribution >= 0.6 is 0 Å². The van der Waals surface area contributed by atoms with E-state index in [0.29, 0.717) is 6.54 Å². The summed E-state index contributed by atoms with van der Waals surface area (Å²) in [6.45, 7) is 8.49. The van der Waals surface area contributed by atoms with Crippen LogP contribution in [0.5, 0.6) is 0 Å². The highest BCUT2D eigenvalue weighted by Gasteiger charge is 2.27. The summed E-state index contributed by atoms with van der Waals surface area (Å²) in [7, 11) is 1.91. The van der Waals surface area contributed by atoms with Gasteiger partial charge in [-0.15, -0.1) is 0 Å². The monoisotopic (exact) mass is 189 g/mol. The molecule has 0 heterocycles. The molecule has 0 aliphatic rings. The molecule has 0 aliphatic carbocycles. The maximum Gasteiger partial charge on any atom is 0.0768 e. The van der Waals surface area contributed by atoms with Gasteiger partial charge in [0.1, 0.15) is 0 Å². The molecule has 0 rings (SSSR count). The molecule has 3 heteroatoms. The fourth-order valence-corrected chi connectivity index (χ4v) is 0.983. The topological polar surface area (TPSA) is 43.7 Å². The summed E-state index contributed by atoms with van der Waals surface area (Å²) in [5, 5.41) is 18.9. The van der Waals surface area contributed by atoms with Crippen molar-refractivity contribution >= 4 is 0 Å². The van der Waals surface area contributed by atoms with Crippen molar-refractivity contribution in [2.24, 2.45) is 5.92 Å². The van der Waals surface area contributed by atoms with Gasteiger partial charge in [0.2, 0.25) is 0 Å². The molecule has 80 valence electrons. The molecule has 0 aromatic rings. The molecular weight excluding hydrogens is 166 g/mol. The van der Waals surface area contributed by atoms with Gasteiger partial charge in [0.15, 0.2) is 0 Å². The Morgan fingerprint density at radius 1 is 1.31 bits per heavy atom. The largest absolute Gasteiger partial charge is 0.395 e. The highest BCUT2D eigenvalue weighted by molar-refractivity contribution is 4.81. The zero-order valence-corrected chi connectivity index (χ0v) is 9.41. The van der Waals surface area contributed by atoms with E-state index in [1.807, 2.05) is 39.6 Å². The van der Waals surface area contributed by atoms with Crippen molar-refractivity contribution < 1.29 is 10.2 Å². The summed E-state index contributed by atoms with van der Waals surface area (Å²) in [6.07, 6.45) is 0. The number of hydrogen-bond donors (Lipinski definition) is 2. The molecule has 0 bridgehead atoms.